The normalized spacial score (nSPS) is 25.2. The van der Waals surface area contributed by atoms with Crippen molar-refractivity contribution < 1.29 is 84.8 Å². The molecule has 2 aliphatic rings. The van der Waals surface area contributed by atoms with Gasteiger partial charge >= 0.3 is 37.8 Å². The minimum atomic E-state index is -5.42. The Kier molecular flexibility index (Phi) is 25.8. The lowest BCUT2D eigenvalue weighted by Crippen LogP contribution is -2.62. The van der Waals surface area contributed by atoms with Gasteiger partial charge in [-0.15, -0.1) is 0 Å². The van der Waals surface area contributed by atoms with E-state index in [2.05, 4.69) is 51.0 Å². The third-order valence-corrected chi connectivity index (χ3v) is 16.5. The molecule has 2 fully saturated rings. The minimum absolute atomic E-state index is 0.0211. The van der Waals surface area contributed by atoms with Crippen LogP contribution in [-0.2, 0) is 81.7 Å². The number of phosphoric acid groups is 1. The summed E-state index contributed by atoms with van der Waals surface area (Å²) in [5.41, 5.74) is 19.6. The highest BCUT2D eigenvalue weighted by atomic mass is 31.2. The van der Waals surface area contributed by atoms with Gasteiger partial charge in [0.2, 0.25) is 0 Å². The van der Waals surface area contributed by atoms with Crippen molar-refractivity contribution >= 4 is 46.1 Å². The summed E-state index contributed by atoms with van der Waals surface area (Å²) in [6.45, 7) is 22.1. The molecule has 3 rings (SSSR count). The second kappa shape index (κ2) is 29.5. The van der Waals surface area contributed by atoms with E-state index < -0.39 is 114 Å². The van der Waals surface area contributed by atoms with Crippen LogP contribution in [0.4, 0.5) is 4.79 Å². The molecule has 2 N–H and O–H groups in total. The first-order chi connectivity index (χ1) is 32.8. The number of carbonyl (C=O) groups excluding carboxylic acids is 5. The number of alkyl carbamates (subject to hydrolysis) is 1. The van der Waals surface area contributed by atoms with Crippen molar-refractivity contribution in [2.75, 3.05) is 46.0 Å². The highest BCUT2D eigenvalue weighted by molar-refractivity contribution is 7.47. The predicted octanol–water partition coefficient (Wildman–Crippen LogP) is 5.97. The van der Waals surface area contributed by atoms with Gasteiger partial charge in [0.15, 0.2) is 45.3 Å². The topological polar surface area (TPSA) is 337 Å². The van der Waals surface area contributed by atoms with Crippen LogP contribution < -0.4 is 5.32 Å². The van der Waals surface area contributed by atoms with Gasteiger partial charge in [0, 0.05) is 44.1 Å². The van der Waals surface area contributed by atoms with Gasteiger partial charge in [-0.1, -0.05) is 82.1 Å². The molecule has 70 heavy (non-hydrogen) atoms. The predicted molar refractivity (Wildman–Crippen MR) is 249 cm³/mol. The van der Waals surface area contributed by atoms with Crippen molar-refractivity contribution in [3.8, 4) is 0 Å². The van der Waals surface area contributed by atoms with Crippen LogP contribution in [0.5, 0.6) is 0 Å². The molecule has 0 aromatic heterocycles. The fourth-order valence-electron chi connectivity index (χ4n) is 6.57. The van der Waals surface area contributed by atoms with Crippen LogP contribution in [0.1, 0.15) is 74.8 Å². The molecular weight excluding hydrogens is 964 g/mol. The largest absolute Gasteiger partial charge is 0.474 e. The third-order valence-electron chi connectivity index (χ3n) is 11.1. The monoisotopic (exact) mass is 1030 g/mol. The molecule has 1 unspecified atom stereocenters. The molecule has 0 saturated carbocycles. The van der Waals surface area contributed by atoms with Crippen molar-refractivity contribution in [1.82, 2.24) is 10.2 Å². The fourth-order valence-corrected chi connectivity index (χ4v) is 8.42. The molecule has 28 heteroatoms. The zero-order valence-electron chi connectivity index (χ0n) is 41.8. The van der Waals surface area contributed by atoms with Crippen LogP contribution in [0.3, 0.4) is 0 Å². The van der Waals surface area contributed by atoms with Crippen LogP contribution in [-0.4, -0.2) is 155 Å². The maximum atomic E-state index is 13.8. The molecule has 11 atom stereocenters. The van der Waals surface area contributed by atoms with Gasteiger partial charge in [0.05, 0.1) is 19.8 Å². The summed E-state index contributed by atoms with van der Waals surface area (Å²) >= 11 is 0. The molecule has 2 heterocycles. The number of hydrogen-bond donors (Lipinski definition) is 2. The van der Waals surface area contributed by atoms with Crippen molar-refractivity contribution in [1.29, 1.82) is 0 Å². The minimum Gasteiger partial charge on any atom is -0.458 e. The molecule has 1 aromatic rings. The maximum Gasteiger partial charge on any atom is 0.474 e. The van der Waals surface area contributed by atoms with E-state index in [1.54, 1.807) is 30.3 Å². The first-order valence-corrected chi connectivity index (χ1v) is 26.9. The van der Waals surface area contributed by atoms with Gasteiger partial charge in [-0.05, 0) is 54.4 Å². The molecule has 2 saturated heterocycles. The number of azide groups is 2. The summed E-state index contributed by atoms with van der Waals surface area (Å²) in [6, 6.07) is 5.56. The summed E-state index contributed by atoms with van der Waals surface area (Å²) < 4.78 is 75.3. The van der Waals surface area contributed by atoms with E-state index >= 15 is 0 Å². The summed E-state index contributed by atoms with van der Waals surface area (Å²) in [5, 5.41) is 9.36. The first kappa shape index (κ1) is 61.2. The number of amides is 1. The summed E-state index contributed by atoms with van der Waals surface area (Å²) in [4.78, 5) is 80.5. The van der Waals surface area contributed by atoms with Gasteiger partial charge in [-0.2, -0.15) is 0 Å². The number of phosphoric ester groups is 1. The van der Waals surface area contributed by atoms with Gasteiger partial charge in [-0.3, -0.25) is 28.2 Å². The zero-order valence-corrected chi connectivity index (χ0v) is 43.7. The van der Waals surface area contributed by atoms with E-state index in [1.807, 2.05) is 33.9 Å². The van der Waals surface area contributed by atoms with Gasteiger partial charge < -0.3 is 57.4 Å². The molecule has 0 aliphatic carbocycles. The van der Waals surface area contributed by atoms with Crippen LogP contribution in [0.15, 0.2) is 40.6 Å². The Morgan fingerprint density at radius 1 is 0.771 bits per heavy atom. The Balaban J connectivity index is 0.00000222. The summed E-state index contributed by atoms with van der Waals surface area (Å²) in [6.07, 6.45) is -13.8. The lowest BCUT2D eigenvalue weighted by molar-refractivity contribution is -0.273. The Morgan fingerprint density at radius 3 is 1.67 bits per heavy atom. The van der Waals surface area contributed by atoms with E-state index in [0.717, 1.165) is 33.3 Å². The summed E-state index contributed by atoms with van der Waals surface area (Å²) in [5.74, 6) is -3.61. The second-order valence-electron chi connectivity index (χ2n) is 17.2. The molecule has 1 amide bonds. The van der Waals surface area contributed by atoms with Crippen molar-refractivity contribution in [2.45, 2.75) is 155 Å². The van der Waals surface area contributed by atoms with E-state index in [0.29, 0.717) is 0 Å². The molecule has 394 valence electrons. The molecule has 0 bridgehead atoms. The first-order valence-electron chi connectivity index (χ1n) is 22.5. The number of hydrogen-bond acceptors (Lipinski definition) is 20. The quantitative estimate of drug-likeness (QED) is 0.0186. The second-order valence-corrected chi connectivity index (χ2v) is 23.4. The Morgan fingerprint density at radius 2 is 1.23 bits per heavy atom. The smallest absolute Gasteiger partial charge is 0.458 e. The number of ether oxygens (including phenoxy) is 8. The highest BCUT2D eigenvalue weighted by Crippen LogP contribution is 2.48. The van der Waals surface area contributed by atoms with Gasteiger partial charge in [0.1, 0.15) is 30.9 Å². The number of esters is 4. The van der Waals surface area contributed by atoms with Gasteiger partial charge in [0.25, 0.3) is 0 Å². The molecule has 1 aromatic carbocycles. The highest BCUT2D eigenvalue weighted by Gasteiger charge is 2.54. The lowest BCUT2D eigenvalue weighted by atomic mass is 9.97. The Labute approximate surface area is 408 Å². The van der Waals surface area contributed by atoms with E-state index in [9.17, 15) is 44.5 Å². The SMILES string of the molecule is CC(=O)O[C@@H]1[C@H](N=[N+]=[N-])[C@@H](OP(=O)(O)OC[C@H]2O[C@H](OCCNC(=O)OCc3ccccc3)[C@@H](N=[N+]=[N-])[C@@H](OC(C)=O)[C@@H]2OC(C)=O)O[C@H](CO[Si](C)(C)C(C)(C)C)[C@H]1OC(C)=O.CCN(CC)CC. The van der Waals surface area contributed by atoms with Crippen LogP contribution in [0, 0.1) is 0 Å². The molecule has 0 spiro atoms. The Bertz CT molecular complexity index is 2000. The van der Waals surface area contributed by atoms with Crippen LogP contribution >= 0.6 is 7.82 Å². The number of benzene rings is 1. The Hall–Kier alpha value is -4.88. The third kappa shape index (κ3) is 20.5. The van der Waals surface area contributed by atoms with Crippen molar-refractivity contribution in [3.05, 3.63) is 56.8 Å². The average molecular weight is 1030 g/mol. The van der Waals surface area contributed by atoms with Crippen molar-refractivity contribution in [2.24, 2.45) is 10.2 Å². The van der Waals surface area contributed by atoms with Gasteiger partial charge in [-0.25, -0.2) is 9.36 Å². The van der Waals surface area contributed by atoms with E-state index in [4.69, 9.17) is 51.4 Å². The number of nitrogens with zero attached hydrogens (tertiary/aromatic N) is 7. The standard InChI is InChI=1S/C36H54N7O18PSi.C6H15N/c1-20(44)55-29-25(59-33(27(40-42-37)31(29)57-22(3)46)51-16-15-39-35(48)52-17-24-13-11-10-12-14-24)18-53-62(49,50)61-34-28(41-43-38)32(58-23(4)47)30(56-21(2)45)26(60-34)19-54-63(8,9)36(5,6)7;1-4-7(5-2)6-3/h10-14,25-34H,15-19H2,1-9H3,(H,39,48)(H,49,50);4-6H2,1-3H3/t25-,26-,27+,28+,29-,30-,31-,32-,33+,34-;/m1./s1. The van der Waals surface area contributed by atoms with E-state index in [1.165, 1.54) is 19.6 Å². The maximum absolute atomic E-state index is 13.8. The molecule has 0 radical (unpaired) electrons. The zero-order chi connectivity index (χ0) is 52.8. The lowest BCUT2D eigenvalue weighted by Gasteiger charge is -2.45. The number of nitrogens with one attached hydrogen (secondary N) is 1. The average Bonchev–Trinajstić information content (AvgIpc) is 3.27. The van der Waals surface area contributed by atoms with Crippen LogP contribution in [0.2, 0.25) is 18.1 Å². The summed E-state index contributed by atoms with van der Waals surface area (Å²) in [7, 11) is -7.97. The number of rotatable bonds is 23. The molecule has 2 aliphatic heterocycles. The number of carbonyl (C=O) groups is 5. The molecular formula is C42H69N8O18PSi. The fraction of sp³-hybridized carbons (Fsp3) is 0.738. The molecule has 26 nitrogen and oxygen atoms in total. The van der Waals surface area contributed by atoms with E-state index in [-0.39, 0.29) is 31.4 Å². The van der Waals surface area contributed by atoms with Crippen molar-refractivity contribution in [3.63, 3.8) is 0 Å². The van der Waals surface area contributed by atoms with Crippen LogP contribution in [0.25, 0.3) is 20.9 Å².